The van der Waals surface area contributed by atoms with E-state index < -0.39 is 10.0 Å². The number of ether oxygens (including phenoxy) is 2. The molecule has 0 saturated heterocycles. The van der Waals surface area contributed by atoms with E-state index in [1.165, 1.54) is 38.7 Å². The number of hydrogen-bond acceptors (Lipinski definition) is 5. The Morgan fingerprint density at radius 2 is 1.84 bits per heavy atom. The Morgan fingerprint density at radius 1 is 1.16 bits per heavy atom. The van der Waals surface area contributed by atoms with Crippen LogP contribution in [0.1, 0.15) is 5.56 Å². The van der Waals surface area contributed by atoms with Gasteiger partial charge in [-0.25, -0.2) is 0 Å². The molecule has 1 heterocycles. The van der Waals surface area contributed by atoms with Gasteiger partial charge in [0.25, 0.3) is 10.0 Å². The molecule has 1 aromatic heterocycles. The lowest BCUT2D eigenvalue weighted by Gasteiger charge is -2.10. The number of benzene rings is 1. The molecule has 0 atom stereocenters. The Kier molecular flexibility index (Phi) is 3.48. The van der Waals surface area contributed by atoms with E-state index in [4.69, 9.17) is 9.47 Å². The molecule has 1 aromatic carbocycles. The van der Waals surface area contributed by atoms with Gasteiger partial charge in [0.15, 0.2) is 11.5 Å². The molecular formula is C12H14N2O4S. The van der Waals surface area contributed by atoms with Crippen LogP contribution in [0.25, 0.3) is 0 Å². The molecule has 2 rings (SSSR count). The number of aromatic nitrogens is 2. The largest absolute Gasteiger partial charge is 0.493 e. The van der Waals surface area contributed by atoms with Crippen molar-refractivity contribution in [3.8, 4) is 11.5 Å². The van der Waals surface area contributed by atoms with Crippen LogP contribution in [-0.2, 0) is 10.0 Å². The van der Waals surface area contributed by atoms with Crippen LogP contribution in [-0.4, -0.2) is 31.8 Å². The van der Waals surface area contributed by atoms with Crippen molar-refractivity contribution in [1.82, 2.24) is 9.19 Å². The van der Waals surface area contributed by atoms with Crippen LogP contribution in [0, 0.1) is 6.92 Å². The smallest absolute Gasteiger partial charge is 0.283 e. The van der Waals surface area contributed by atoms with E-state index in [9.17, 15) is 8.42 Å². The molecule has 2 aromatic rings. The summed E-state index contributed by atoms with van der Waals surface area (Å²) in [6.07, 6.45) is 2.93. The first-order chi connectivity index (χ1) is 8.98. The zero-order valence-corrected chi connectivity index (χ0v) is 11.6. The highest BCUT2D eigenvalue weighted by Crippen LogP contribution is 2.29. The quantitative estimate of drug-likeness (QED) is 0.848. The summed E-state index contributed by atoms with van der Waals surface area (Å²) in [5, 5.41) is 3.82. The lowest BCUT2D eigenvalue weighted by Crippen LogP contribution is -2.13. The van der Waals surface area contributed by atoms with Crippen molar-refractivity contribution >= 4 is 10.0 Å². The van der Waals surface area contributed by atoms with Crippen molar-refractivity contribution in [2.45, 2.75) is 11.8 Å². The van der Waals surface area contributed by atoms with Crippen LogP contribution in [0.2, 0.25) is 0 Å². The SMILES string of the molecule is COc1ccc(S(=O)(=O)n2cc(C)cn2)cc1OC. The highest BCUT2D eigenvalue weighted by atomic mass is 32.2. The molecule has 0 N–H and O–H groups in total. The lowest BCUT2D eigenvalue weighted by molar-refractivity contribution is 0.354. The predicted molar refractivity (Wildman–Crippen MR) is 69.1 cm³/mol. The van der Waals surface area contributed by atoms with Gasteiger partial charge in [-0.3, -0.25) is 0 Å². The highest BCUT2D eigenvalue weighted by Gasteiger charge is 2.19. The topological polar surface area (TPSA) is 70.4 Å². The summed E-state index contributed by atoms with van der Waals surface area (Å²) in [6, 6.07) is 4.40. The predicted octanol–water partition coefficient (Wildman–Crippen LogP) is 1.45. The molecule has 0 aliphatic rings. The van der Waals surface area contributed by atoms with E-state index in [-0.39, 0.29) is 4.90 Å². The van der Waals surface area contributed by atoms with Crippen molar-refractivity contribution in [3.63, 3.8) is 0 Å². The summed E-state index contributed by atoms with van der Waals surface area (Å²) in [4.78, 5) is 0.0910. The summed E-state index contributed by atoms with van der Waals surface area (Å²) in [5.74, 6) is 0.825. The van der Waals surface area contributed by atoms with Crippen LogP contribution >= 0.6 is 0 Å². The maximum absolute atomic E-state index is 12.3. The Morgan fingerprint density at radius 3 is 2.37 bits per heavy atom. The molecule has 0 amide bonds. The van der Waals surface area contributed by atoms with Gasteiger partial charge in [-0.15, -0.1) is 0 Å². The molecule has 102 valence electrons. The maximum atomic E-state index is 12.3. The summed E-state index contributed by atoms with van der Waals surface area (Å²) < 4.78 is 35.7. The Hall–Kier alpha value is -2.02. The monoisotopic (exact) mass is 282 g/mol. The Bertz CT molecular complexity index is 692. The minimum absolute atomic E-state index is 0.0910. The molecule has 0 fully saturated rings. The first-order valence-corrected chi connectivity index (χ1v) is 6.92. The second kappa shape index (κ2) is 4.93. The van der Waals surface area contributed by atoms with E-state index in [1.54, 1.807) is 13.0 Å². The number of methoxy groups -OCH3 is 2. The van der Waals surface area contributed by atoms with E-state index in [0.717, 1.165) is 9.65 Å². The zero-order valence-electron chi connectivity index (χ0n) is 10.8. The van der Waals surface area contributed by atoms with E-state index in [1.807, 2.05) is 0 Å². The third-order valence-electron chi connectivity index (χ3n) is 2.59. The fourth-order valence-electron chi connectivity index (χ4n) is 1.61. The van der Waals surface area contributed by atoms with Crippen molar-refractivity contribution in [3.05, 3.63) is 36.2 Å². The minimum Gasteiger partial charge on any atom is -0.493 e. The van der Waals surface area contributed by atoms with Crippen molar-refractivity contribution < 1.29 is 17.9 Å². The van der Waals surface area contributed by atoms with Crippen molar-refractivity contribution in [2.24, 2.45) is 0 Å². The molecule has 6 nitrogen and oxygen atoms in total. The molecule has 0 saturated carbocycles. The number of rotatable bonds is 4. The van der Waals surface area contributed by atoms with Crippen molar-refractivity contribution in [1.29, 1.82) is 0 Å². The van der Waals surface area contributed by atoms with Gasteiger partial charge < -0.3 is 9.47 Å². The molecule has 7 heteroatoms. The average Bonchev–Trinajstić information content (AvgIpc) is 2.85. The zero-order chi connectivity index (χ0) is 14.0. The van der Waals surface area contributed by atoms with E-state index >= 15 is 0 Å². The first-order valence-electron chi connectivity index (χ1n) is 5.48. The first kappa shape index (κ1) is 13.4. The van der Waals surface area contributed by atoms with Gasteiger partial charge in [-0.2, -0.15) is 17.6 Å². The third kappa shape index (κ3) is 2.41. The number of hydrogen-bond donors (Lipinski definition) is 0. The standard InChI is InChI=1S/C12H14N2O4S/c1-9-7-13-14(8-9)19(15,16)10-4-5-11(17-2)12(6-10)18-3/h4-8H,1-3H3. The molecule has 0 aliphatic carbocycles. The molecule has 19 heavy (non-hydrogen) atoms. The highest BCUT2D eigenvalue weighted by molar-refractivity contribution is 7.89. The van der Waals surface area contributed by atoms with Gasteiger partial charge in [0.2, 0.25) is 0 Å². The van der Waals surface area contributed by atoms with Crippen LogP contribution in [0.4, 0.5) is 0 Å². The fraction of sp³-hybridized carbons (Fsp3) is 0.250. The molecule has 0 unspecified atom stereocenters. The summed E-state index contributed by atoms with van der Waals surface area (Å²) in [6.45, 7) is 1.77. The third-order valence-corrected chi connectivity index (χ3v) is 4.13. The Balaban J connectivity index is 2.52. The normalized spacial score (nSPS) is 11.3. The second-order valence-corrected chi connectivity index (χ2v) is 5.71. The van der Waals surface area contributed by atoms with Gasteiger partial charge in [0.05, 0.1) is 25.3 Å². The number of aryl methyl sites for hydroxylation is 1. The Labute approximate surface area is 111 Å². The second-order valence-electron chi connectivity index (χ2n) is 3.91. The molecular weight excluding hydrogens is 268 g/mol. The van der Waals surface area contributed by atoms with Crippen molar-refractivity contribution in [2.75, 3.05) is 14.2 Å². The van der Waals surface area contributed by atoms with Crippen LogP contribution in [0.3, 0.4) is 0 Å². The summed E-state index contributed by atoms with van der Waals surface area (Å²) >= 11 is 0. The van der Waals surface area contributed by atoms with Gasteiger partial charge in [0.1, 0.15) is 0 Å². The van der Waals surface area contributed by atoms with Gasteiger partial charge in [-0.05, 0) is 24.6 Å². The molecule has 0 radical (unpaired) electrons. The molecule has 0 aliphatic heterocycles. The molecule has 0 spiro atoms. The van der Waals surface area contributed by atoms with Crippen LogP contribution < -0.4 is 9.47 Å². The maximum Gasteiger partial charge on any atom is 0.283 e. The van der Waals surface area contributed by atoms with Gasteiger partial charge >= 0.3 is 0 Å². The summed E-state index contributed by atoms with van der Waals surface area (Å²) in [7, 11) is -0.766. The number of nitrogens with zero attached hydrogens (tertiary/aromatic N) is 2. The lowest BCUT2D eigenvalue weighted by atomic mass is 10.3. The van der Waals surface area contributed by atoms with Gasteiger partial charge in [0, 0.05) is 12.3 Å². The average molecular weight is 282 g/mol. The van der Waals surface area contributed by atoms with Crippen LogP contribution in [0.15, 0.2) is 35.5 Å². The van der Waals surface area contributed by atoms with E-state index in [2.05, 4.69) is 5.10 Å². The molecule has 0 bridgehead atoms. The summed E-state index contributed by atoms with van der Waals surface area (Å²) in [5.41, 5.74) is 0.768. The fourth-order valence-corrected chi connectivity index (χ4v) is 2.79. The van der Waals surface area contributed by atoms with Crippen LogP contribution in [0.5, 0.6) is 11.5 Å². The van der Waals surface area contributed by atoms with E-state index in [0.29, 0.717) is 11.5 Å². The minimum atomic E-state index is -3.71. The van der Waals surface area contributed by atoms with Gasteiger partial charge in [-0.1, -0.05) is 0 Å².